The molecule has 0 radical (unpaired) electrons. The van der Waals surface area contributed by atoms with Crippen molar-refractivity contribution in [2.24, 2.45) is 0 Å². The highest BCUT2D eigenvalue weighted by Crippen LogP contribution is 2.24. The maximum atomic E-state index is 11.8. The number of ether oxygens (including phenoxy) is 2. The van der Waals surface area contributed by atoms with Gasteiger partial charge in [0, 0.05) is 17.8 Å². The number of esters is 1. The predicted molar refractivity (Wildman–Crippen MR) is 98.6 cm³/mol. The summed E-state index contributed by atoms with van der Waals surface area (Å²) in [4.78, 5) is 26.7. The van der Waals surface area contributed by atoms with Crippen LogP contribution in [0.4, 0.5) is 5.69 Å². The topological polar surface area (TPSA) is 96.0 Å². The summed E-state index contributed by atoms with van der Waals surface area (Å²) < 4.78 is 12.3. The van der Waals surface area contributed by atoms with Gasteiger partial charge in [-0.1, -0.05) is 0 Å². The Bertz CT molecular complexity index is 979. The van der Waals surface area contributed by atoms with Gasteiger partial charge in [-0.2, -0.15) is 0 Å². The second-order valence-corrected chi connectivity index (χ2v) is 6.31. The first kappa shape index (κ1) is 18.4. The van der Waals surface area contributed by atoms with Gasteiger partial charge in [0.15, 0.2) is 6.10 Å². The normalized spacial score (nSPS) is 12.1. The highest BCUT2D eigenvalue weighted by atomic mass is 16.6. The van der Waals surface area contributed by atoms with Gasteiger partial charge in [0.05, 0.1) is 22.9 Å². The first-order valence-corrected chi connectivity index (χ1v) is 8.44. The second kappa shape index (κ2) is 7.45. The Morgan fingerprint density at radius 3 is 2.44 bits per heavy atom. The average Bonchev–Trinajstić information content (AvgIpc) is 3.04. The molecule has 1 aromatic carbocycles. The lowest BCUT2D eigenvalue weighted by Gasteiger charge is -2.15. The van der Waals surface area contributed by atoms with Gasteiger partial charge >= 0.3 is 5.97 Å². The van der Waals surface area contributed by atoms with E-state index in [4.69, 9.17) is 9.47 Å². The van der Waals surface area contributed by atoms with Crippen LogP contribution in [0.3, 0.4) is 0 Å². The van der Waals surface area contributed by atoms with E-state index in [-0.39, 0.29) is 11.8 Å². The number of rotatable bonds is 6. The fourth-order valence-corrected chi connectivity index (χ4v) is 2.51. The minimum atomic E-state index is -0.714. The molecule has 0 spiro atoms. The molecule has 3 aromatic rings. The summed E-state index contributed by atoms with van der Waals surface area (Å²) in [5.74, 6) is 0.113. The standard InChI is InChI=1S/C19H19N3O5/c1-12(2)26-19(23)13(3)27-16-7-4-14(5-8-16)17-11-21-10-15(22(24)25)6-9-18(21)20-17/h4-13H,1-3H3. The fourth-order valence-electron chi connectivity index (χ4n) is 2.51. The van der Waals surface area contributed by atoms with Gasteiger partial charge in [0.2, 0.25) is 0 Å². The van der Waals surface area contributed by atoms with Crippen LogP contribution in [0.25, 0.3) is 16.9 Å². The smallest absolute Gasteiger partial charge is 0.347 e. The summed E-state index contributed by atoms with van der Waals surface area (Å²) in [6.45, 7) is 5.19. The van der Waals surface area contributed by atoms with Gasteiger partial charge in [0.25, 0.3) is 5.69 Å². The molecule has 0 bridgehead atoms. The quantitative estimate of drug-likeness (QED) is 0.374. The molecular formula is C19H19N3O5. The van der Waals surface area contributed by atoms with Gasteiger partial charge in [0.1, 0.15) is 11.4 Å². The highest BCUT2D eigenvalue weighted by molar-refractivity contribution is 5.74. The Labute approximate surface area is 155 Å². The monoisotopic (exact) mass is 369 g/mol. The fraction of sp³-hybridized carbons (Fsp3) is 0.263. The second-order valence-electron chi connectivity index (χ2n) is 6.31. The van der Waals surface area contributed by atoms with Crippen LogP contribution in [-0.2, 0) is 9.53 Å². The van der Waals surface area contributed by atoms with E-state index < -0.39 is 17.0 Å². The van der Waals surface area contributed by atoms with Crippen molar-refractivity contribution in [3.8, 4) is 17.0 Å². The molecule has 1 atom stereocenters. The number of pyridine rings is 1. The number of aromatic nitrogens is 2. The summed E-state index contributed by atoms with van der Waals surface area (Å²) >= 11 is 0. The number of fused-ring (bicyclic) bond motifs is 1. The van der Waals surface area contributed by atoms with Crippen LogP contribution < -0.4 is 4.74 Å². The van der Waals surface area contributed by atoms with Crippen molar-refractivity contribution in [3.05, 3.63) is 58.9 Å². The van der Waals surface area contributed by atoms with E-state index in [1.807, 2.05) is 12.1 Å². The summed E-state index contributed by atoms with van der Waals surface area (Å²) in [7, 11) is 0. The minimum absolute atomic E-state index is 0.00234. The Hall–Kier alpha value is -3.42. The zero-order chi connectivity index (χ0) is 19.6. The van der Waals surface area contributed by atoms with Gasteiger partial charge in [-0.3, -0.25) is 14.5 Å². The van der Waals surface area contributed by atoms with Crippen molar-refractivity contribution in [1.82, 2.24) is 9.38 Å². The molecule has 0 aliphatic heterocycles. The first-order valence-electron chi connectivity index (χ1n) is 8.44. The lowest BCUT2D eigenvalue weighted by Crippen LogP contribution is -2.28. The molecule has 3 rings (SSSR count). The number of hydrogen-bond donors (Lipinski definition) is 0. The van der Waals surface area contributed by atoms with Gasteiger partial charge in [-0.05, 0) is 51.1 Å². The van der Waals surface area contributed by atoms with E-state index in [0.717, 1.165) is 5.56 Å². The zero-order valence-electron chi connectivity index (χ0n) is 15.2. The summed E-state index contributed by atoms with van der Waals surface area (Å²) in [5, 5.41) is 10.9. The van der Waals surface area contributed by atoms with Gasteiger partial charge in [-0.15, -0.1) is 0 Å². The van der Waals surface area contributed by atoms with Crippen molar-refractivity contribution < 1.29 is 19.2 Å². The Balaban J connectivity index is 1.76. The van der Waals surface area contributed by atoms with Crippen LogP contribution in [0, 0.1) is 10.1 Å². The Morgan fingerprint density at radius 2 is 1.81 bits per heavy atom. The lowest BCUT2D eigenvalue weighted by atomic mass is 10.1. The number of imidazole rings is 1. The lowest BCUT2D eigenvalue weighted by molar-refractivity contribution is -0.385. The van der Waals surface area contributed by atoms with E-state index in [2.05, 4.69) is 4.98 Å². The third-order valence-electron chi connectivity index (χ3n) is 3.79. The molecule has 140 valence electrons. The number of nitrogens with zero attached hydrogens (tertiary/aromatic N) is 3. The molecule has 2 aromatic heterocycles. The van der Waals surface area contributed by atoms with E-state index in [1.165, 1.54) is 12.3 Å². The zero-order valence-corrected chi connectivity index (χ0v) is 15.2. The van der Waals surface area contributed by atoms with Crippen LogP contribution in [0.1, 0.15) is 20.8 Å². The molecule has 0 fully saturated rings. The van der Waals surface area contributed by atoms with E-state index in [9.17, 15) is 14.9 Å². The average molecular weight is 369 g/mol. The Kier molecular flexibility index (Phi) is 5.07. The number of carbonyl (C=O) groups is 1. The maximum absolute atomic E-state index is 11.8. The largest absolute Gasteiger partial charge is 0.479 e. The van der Waals surface area contributed by atoms with Crippen LogP contribution >= 0.6 is 0 Å². The van der Waals surface area contributed by atoms with E-state index in [1.54, 1.807) is 49.6 Å². The van der Waals surface area contributed by atoms with Crippen molar-refractivity contribution in [3.63, 3.8) is 0 Å². The molecule has 8 heteroatoms. The minimum Gasteiger partial charge on any atom is -0.479 e. The molecule has 27 heavy (non-hydrogen) atoms. The van der Waals surface area contributed by atoms with Gasteiger partial charge < -0.3 is 9.47 Å². The number of nitro groups is 1. The van der Waals surface area contributed by atoms with Crippen molar-refractivity contribution in [2.45, 2.75) is 33.0 Å². The molecular weight excluding hydrogens is 350 g/mol. The molecule has 1 unspecified atom stereocenters. The molecule has 0 N–H and O–H groups in total. The SMILES string of the molecule is CC(C)OC(=O)C(C)Oc1ccc(-c2cn3cc([N+](=O)[O-])ccc3n2)cc1. The maximum Gasteiger partial charge on any atom is 0.347 e. The molecule has 2 heterocycles. The van der Waals surface area contributed by atoms with Crippen LogP contribution in [0.5, 0.6) is 5.75 Å². The van der Waals surface area contributed by atoms with Crippen molar-refractivity contribution >= 4 is 17.3 Å². The molecule has 0 saturated carbocycles. The number of benzene rings is 1. The van der Waals surface area contributed by atoms with Crippen molar-refractivity contribution in [2.75, 3.05) is 0 Å². The summed E-state index contributed by atoms with van der Waals surface area (Å²) in [6.07, 6.45) is 2.23. The summed E-state index contributed by atoms with van der Waals surface area (Å²) in [5.41, 5.74) is 2.11. The highest BCUT2D eigenvalue weighted by Gasteiger charge is 2.17. The predicted octanol–water partition coefficient (Wildman–Crippen LogP) is 3.63. The third kappa shape index (κ3) is 4.22. The molecule has 0 amide bonds. The Morgan fingerprint density at radius 1 is 1.11 bits per heavy atom. The van der Waals surface area contributed by atoms with Gasteiger partial charge in [-0.25, -0.2) is 9.78 Å². The molecule has 0 aliphatic carbocycles. The molecule has 0 aliphatic rings. The number of carbonyl (C=O) groups excluding carboxylic acids is 1. The summed E-state index contributed by atoms with van der Waals surface area (Å²) in [6, 6.07) is 10.1. The van der Waals surface area contributed by atoms with Crippen LogP contribution in [0.15, 0.2) is 48.8 Å². The number of hydrogen-bond acceptors (Lipinski definition) is 6. The van der Waals surface area contributed by atoms with Crippen molar-refractivity contribution in [1.29, 1.82) is 0 Å². The van der Waals surface area contributed by atoms with Crippen LogP contribution in [-0.4, -0.2) is 32.5 Å². The van der Waals surface area contributed by atoms with E-state index >= 15 is 0 Å². The third-order valence-corrected chi connectivity index (χ3v) is 3.79. The molecule has 8 nitrogen and oxygen atoms in total. The molecule has 0 saturated heterocycles. The van der Waals surface area contributed by atoms with E-state index in [0.29, 0.717) is 17.1 Å². The van der Waals surface area contributed by atoms with Crippen LogP contribution in [0.2, 0.25) is 0 Å². The first-order chi connectivity index (χ1) is 12.8.